The first kappa shape index (κ1) is 14.6. The molecule has 0 saturated heterocycles. The largest absolute Gasteiger partial charge is 0.416 e. The van der Waals surface area contributed by atoms with E-state index < -0.39 is 11.7 Å². The second-order valence-electron chi connectivity index (χ2n) is 4.14. The van der Waals surface area contributed by atoms with E-state index in [1.54, 1.807) is 0 Å². The number of allylic oxidation sites excluding steroid dienone is 1. The molecule has 0 atom stereocenters. The van der Waals surface area contributed by atoms with Crippen LogP contribution in [-0.2, 0) is 6.18 Å². The molecule has 0 saturated carbocycles. The minimum Gasteiger partial charge on any atom is -0.385 e. The Hall–Kier alpha value is -1.45. The Morgan fingerprint density at radius 1 is 1.06 bits per heavy atom. The summed E-state index contributed by atoms with van der Waals surface area (Å²) in [5, 5.41) is 3.11. The molecule has 0 unspecified atom stereocenters. The Kier molecular flexibility index (Phi) is 5.75. The molecule has 18 heavy (non-hydrogen) atoms. The predicted molar refractivity (Wildman–Crippen MR) is 68.6 cm³/mol. The number of hydrogen-bond acceptors (Lipinski definition) is 1. The zero-order valence-electron chi connectivity index (χ0n) is 10.3. The Morgan fingerprint density at radius 2 is 1.72 bits per heavy atom. The highest BCUT2D eigenvalue weighted by Crippen LogP contribution is 2.29. The Balaban J connectivity index is 2.29. The third-order valence-electron chi connectivity index (χ3n) is 2.63. The first-order chi connectivity index (χ1) is 8.54. The van der Waals surface area contributed by atoms with Gasteiger partial charge >= 0.3 is 6.18 Å². The first-order valence-electron chi connectivity index (χ1n) is 6.06. The van der Waals surface area contributed by atoms with Crippen molar-refractivity contribution in [3.63, 3.8) is 0 Å². The van der Waals surface area contributed by atoms with Gasteiger partial charge in [0.2, 0.25) is 0 Å². The number of alkyl halides is 3. The van der Waals surface area contributed by atoms with Gasteiger partial charge in [-0.1, -0.05) is 12.5 Å². The van der Waals surface area contributed by atoms with E-state index in [4.69, 9.17) is 0 Å². The molecule has 100 valence electrons. The zero-order valence-corrected chi connectivity index (χ0v) is 10.3. The van der Waals surface area contributed by atoms with Crippen LogP contribution in [-0.4, -0.2) is 6.54 Å². The van der Waals surface area contributed by atoms with Gasteiger partial charge in [0.1, 0.15) is 0 Å². The minimum absolute atomic E-state index is 0.612. The quantitative estimate of drug-likeness (QED) is 0.543. The number of unbranched alkanes of at least 4 members (excludes halogenated alkanes) is 3. The average molecular weight is 257 g/mol. The maximum atomic E-state index is 12.3. The molecular weight excluding hydrogens is 239 g/mol. The minimum atomic E-state index is -4.26. The molecule has 0 spiro atoms. The van der Waals surface area contributed by atoms with Crippen LogP contribution in [0, 0.1) is 0 Å². The van der Waals surface area contributed by atoms with Crippen LogP contribution in [0.4, 0.5) is 18.9 Å². The van der Waals surface area contributed by atoms with E-state index in [0.717, 1.165) is 50.0 Å². The molecule has 0 aliphatic rings. The third kappa shape index (κ3) is 5.25. The summed E-state index contributed by atoms with van der Waals surface area (Å²) in [4.78, 5) is 0. The second-order valence-corrected chi connectivity index (χ2v) is 4.14. The van der Waals surface area contributed by atoms with Crippen LogP contribution >= 0.6 is 0 Å². The van der Waals surface area contributed by atoms with Crippen molar-refractivity contribution in [3.8, 4) is 0 Å². The van der Waals surface area contributed by atoms with Gasteiger partial charge in [0.15, 0.2) is 0 Å². The van der Waals surface area contributed by atoms with Gasteiger partial charge in [-0.3, -0.25) is 0 Å². The second kappa shape index (κ2) is 7.09. The predicted octanol–water partition coefficient (Wildman–Crippen LogP) is 4.86. The number of rotatable bonds is 7. The van der Waals surface area contributed by atoms with E-state index in [2.05, 4.69) is 11.9 Å². The van der Waals surface area contributed by atoms with Crippen molar-refractivity contribution in [3.05, 3.63) is 42.5 Å². The normalized spacial score (nSPS) is 11.3. The van der Waals surface area contributed by atoms with Gasteiger partial charge in [-0.15, -0.1) is 6.58 Å². The van der Waals surface area contributed by atoms with Gasteiger partial charge in [0.25, 0.3) is 0 Å². The van der Waals surface area contributed by atoms with Gasteiger partial charge < -0.3 is 5.32 Å². The molecular formula is C14H18F3N. The monoisotopic (exact) mass is 257 g/mol. The van der Waals surface area contributed by atoms with E-state index in [1.165, 1.54) is 12.1 Å². The summed E-state index contributed by atoms with van der Waals surface area (Å²) in [6.45, 7) is 4.43. The maximum Gasteiger partial charge on any atom is 0.416 e. The van der Waals surface area contributed by atoms with Gasteiger partial charge in [-0.25, -0.2) is 0 Å². The van der Waals surface area contributed by atoms with Gasteiger partial charge in [0.05, 0.1) is 5.56 Å². The Bertz CT molecular complexity index is 354. The van der Waals surface area contributed by atoms with Crippen molar-refractivity contribution in [2.75, 3.05) is 11.9 Å². The fourth-order valence-corrected chi connectivity index (χ4v) is 1.60. The molecule has 0 heterocycles. The number of nitrogens with one attached hydrogen (secondary N) is 1. The van der Waals surface area contributed by atoms with Crippen LogP contribution in [0.5, 0.6) is 0 Å². The summed E-state index contributed by atoms with van der Waals surface area (Å²) >= 11 is 0. The van der Waals surface area contributed by atoms with Crippen LogP contribution in [0.3, 0.4) is 0 Å². The Morgan fingerprint density at radius 3 is 2.28 bits per heavy atom. The van der Waals surface area contributed by atoms with E-state index in [0.29, 0.717) is 0 Å². The van der Waals surface area contributed by atoms with Crippen LogP contribution in [0.2, 0.25) is 0 Å². The maximum absolute atomic E-state index is 12.3. The third-order valence-corrected chi connectivity index (χ3v) is 2.63. The van der Waals surface area contributed by atoms with Crippen LogP contribution in [0.25, 0.3) is 0 Å². The van der Waals surface area contributed by atoms with Crippen LogP contribution in [0.1, 0.15) is 31.2 Å². The van der Waals surface area contributed by atoms with Crippen molar-refractivity contribution in [1.29, 1.82) is 0 Å². The summed E-state index contributed by atoms with van der Waals surface area (Å²) < 4.78 is 36.9. The van der Waals surface area contributed by atoms with Crippen molar-refractivity contribution in [2.45, 2.75) is 31.9 Å². The molecule has 4 heteroatoms. The molecule has 0 aliphatic carbocycles. The topological polar surface area (TPSA) is 12.0 Å². The van der Waals surface area contributed by atoms with E-state index in [9.17, 15) is 13.2 Å². The van der Waals surface area contributed by atoms with Crippen LogP contribution < -0.4 is 5.32 Å². The standard InChI is InChI=1S/C14H18F3N/c1-2-3-4-5-6-11-18-13-9-7-12(8-10-13)14(15,16)17/h2,7-10,18H,1,3-6,11H2. The van der Waals surface area contributed by atoms with Crippen molar-refractivity contribution in [1.82, 2.24) is 0 Å². The summed E-state index contributed by atoms with van der Waals surface area (Å²) in [5.41, 5.74) is 0.116. The van der Waals surface area contributed by atoms with Crippen LogP contribution in [0.15, 0.2) is 36.9 Å². The zero-order chi connectivity index (χ0) is 13.4. The Labute approximate surface area is 106 Å². The number of hydrogen-bond donors (Lipinski definition) is 1. The van der Waals surface area contributed by atoms with E-state index in [-0.39, 0.29) is 0 Å². The SMILES string of the molecule is C=CCCCCCNc1ccc(C(F)(F)F)cc1. The number of anilines is 1. The highest BCUT2D eigenvalue weighted by molar-refractivity contribution is 5.44. The van der Waals surface area contributed by atoms with Crippen molar-refractivity contribution >= 4 is 5.69 Å². The summed E-state index contributed by atoms with van der Waals surface area (Å²) in [7, 11) is 0. The van der Waals surface area contributed by atoms with E-state index >= 15 is 0 Å². The fraction of sp³-hybridized carbons (Fsp3) is 0.429. The molecule has 0 aromatic heterocycles. The lowest BCUT2D eigenvalue weighted by Crippen LogP contribution is -2.05. The molecule has 0 aliphatic heterocycles. The molecule has 0 radical (unpaired) electrons. The highest BCUT2D eigenvalue weighted by Gasteiger charge is 2.29. The lowest BCUT2D eigenvalue weighted by molar-refractivity contribution is -0.137. The molecule has 1 nitrogen and oxygen atoms in total. The van der Waals surface area contributed by atoms with Gasteiger partial charge in [-0.2, -0.15) is 13.2 Å². The van der Waals surface area contributed by atoms with Gasteiger partial charge in [-0.05, 0) is 43.5 Å². The highest BCUT2D eigenvalue weighted by atomic mass is 19.4. The lowest BCUT2D eigenvalue weighted by Gasteiger charge is -2.09. The molecule has 0 fully saturated rings. The summed E-state index contributed by atoms with van der Waals surface area (Å²) in [6.07, 6.45) is 1.86. The summed E-state index contributed by atoms with van der Waals surface area (Å²) in [6, 6.07) is 5.12. The van der Waals surface area contributed by atoms with Crippen molar-refractivity contribution in [2.24, 2.45) is 0 Å². The first-order valence-corrected chi connectivity index (χ1v) is 6.06. The molecule has 1 aromatic rings. The fourth-order valence-electron chi connectivity index (χ4n) is 1.60. The van der Waals surface area contributed by atoms with Crippen molar-refractivity contribution < 1.29 is 13.2 Å². The van der Waals surface area contributed by atoms with Gasteiger partial charge in [0, 0.05) is 12.2 Å². The molecule has 0 amide bonds. The summed E-state index contributed by atoms with van der Waals surface area (Å²) in [5.74, 6) is 0. The molecule has 0 bridgehead atoms. The molecule has 1 aromatic carbocycles. The lowest BCUT2D eigenvalue weighted by atomic mass is 10.2. The molecule has 1 N–H and O–H groups in total. The van der Waals surface area contributed by atoms with E-state index in [1.807, 2.05) is 6.08 Å². The molecule has 1 rings (SSSR count). The smallest absolute Gasteiger partial charge is 0.385 e. The number of benzene rings is 1. The average Bonchev–Trinajstić information content (AvgIpc) is 2.33. The number of halogens is 3.